The van der Waals surface area contributed by atoms with E-state index in [0.717, 1.165) is 0 Å². The Kier molecular flexibility index (Phi) is 1.52. The fourth-order valence-corrected chi connectivity index (χ4v) is 1.37. The Balaban J connectivity index is 2.94. The maximum absolute atomic E-state index is 9.46. The topological polar surface area (TPSA) is 66.5 Å². The van der Waals surface area contributed by atoms with Crippen molar-refractivity contribution in [3.8, 4) is 11.5 Å². The Hall–Kier alpha value is -1.90. The molecule has 0 atom stereocenters. The molecule has 0 unspecified atom stereocenters. The fourth-order valence-electron chi connectivity index (χ4n) is 1.37. The van der Waals surface area contributed by atoms with Gasteiger partial charge in [-0.15, -0.1) is 0 Å². The van der Waals surface area contributed by atoms with Gasteiger partial charge in [-0.1, -0.05) is 12.1 Å². The second-order valence-electron chi connectivity index (χ2n) is 2.91. The zero-order valence-corrected chi connectivity index (χ0v) is 6.86. The van der Waals surface area contributed by atoms with Crippen molar-refractivity contribution in [2.75, 3.05) is 5.73 Å². The Morgan fingerprint density at radius 2 is 1.77 bits per heavy atom. The molecule has 0 saturated carbocycles. The lowest BCUT2D eigenvalue weighted by Crippen LogP contribution is -1.86. The SMILES string of the molecule is Nc1cccc2c(O)cc(O)cc12. The van der Waals surface area contributed by atoms with Crippen LogP contribution in [0.3, 0.4) is 0 Å². The first kappa shape index (κ1) is 7.73. The molecule has 0 spiro atoms. The van der Waals surface area contributed by atoms with Crippen molar-refractivity contribution >= 4 is 16.5 Å². The average molecular weight is 175 g/mol. The molecule has 3 heteroatoms. The lowest BCUT2D eigenvalue weighted by atomic mass is 10.1. The molecule has 4 N–H and O–H groups in total. The third-order valence-electron chi connectivity index (χ3n) is 1.99. The number of rotatable bonds is 0. The summed E-state index contributed by atoms with van der Waals surface area (Å²) in [7, 11) is 0. The number of phenolic OH excluding ortho intramolecular Hbond substituents is 2. The third-order valence-corrected chi connectivity index (χ3v) is 1.99. The van der Waals surface area contributed by atoms with Gasteiger partial charge in [0.2, 0.25) is 0 Å². The van der Waals surface area contributed by atoms with Crippen molar-refractivity contribution in [3.05, 3.63) is 30.3 Å². The van der Waals surface area contributed by atoms with Crippen molar-refractivity contribution in [3.63, 3.8) is 0 Å². The number of fused-ring (bicyclic) bond motifs is 1. The molecule has 0 aromatic heterocycles. The van der Waals surface area contributed by atoms with Gasteiger partial charge in [0.05, 0.1) is 0 Å². The van der Waals surface area contributed by atoms with E-state index < -0.39 is 0 Å². The maximum atomic E-state index is 9.46. The van der Waals surface area contributed by atoms with Crippen molar-refractivity contribution in [1.29, 1.82) is 0 Å². The van der Waals surface area contributed by atoms with Crippen LogP contribution in [-0.2, 0) is 0 Å². The number of aromatic hydroxyl groups is 2. The first-order valence-corrected chi connectivity index (χ1v) is 3.88. The summed E-state index contributed by atoms with van der Waals surface area (Å²) in [6.45, 7) is 0. The van der Waals surface area contributed by atoms with E-state index in [1.54, 1.807) is 18.2 Å². The van der Waals surface area contributed by atoms with Crippen LogP contribution in [0.1, 0.15) is 0 Å². The largest absolute Gasteiger partial charge is 0.508 e. The van der Waals surface area contributed by atoms with Crippen molar-refractivity contribution in [1.82, 2.24) is 0 Å². The summed E-state index contributed by atoms with van der Waals surface area (Å²) in [5.41, 5.74) is 6.22. The van der Waals surface area contributed by atoms with E-state index in [4.69, 9.17) is 5.73 Å². The van der Waals surface area contributed by atoms with E-state index in [0.29, 0.717) is 16.5 Å². The van der Waals surface area contributed by atoms with Gasteiger partial charge >= 0.3 is 0 Å². The number of phenols is 2. The van der Waals surface area contributed by atoms with Crippen LogP contribution in [0.25, 0.3) is 10.8 Å². The van der Waals surface area contributed by atoms with Gasteiger partial charge in [0.25, 0.3) is 0 Å². The zero-order valence-electron chi connectivity index (χ0n) is 6.86. The van der Waals surface area contributed by atoms with Gasteiger partial charge in [-0.2, -0.15) is 0 Å². The van der Waals surface area contributed by atoms with Gasteiger partial charge in [0.15, 0.2) is 0 Å². The van der Waals surface area contributed by atoms with Crippen LogP contribution in [0.5, 0.6) is 11.5 Å². The average Bonchev–Trinajstić information content (AvgIpc) is 2.07. The Bertz CT molecular complexity index is 466. The van der Waals surface area contributed by atoms with Crippen LogP contribution in [0.2, 0.25) is 0 Å². The first-order chi connectivity index (χ1) is 6.18. The molecule has 13 heavy (non-hydrogen) atoms. The standard InChI is InChI=1S/C10H9NO2/c11-9-3-1-2-7-8(9)4-6(12)5-10(7)13/h1-5,12-13H,11H2. The second kappa shape index (κ2) is 2.55. The van der Waals surface area contributed by atoms with E-state index in [1.165, 1.54) is 12.1 Å². The molecule has 0 aliphatic carbocycles. The van der Waals surface area contributed by atoms with Crippen LogP contribution < -0.4 is 5.73 Å². The summed E-state index contributed by atoms with van der Waals surface area (Å²) in [6, 6.07) is 8.06. The van der Waals surface area contributed by atoms with Crippen LogP contribution >= 0.6 is 0 Å². The smallest absolute Gasteiger partial charge is 0.127 e. The molecule has 0 aliphatic rings. The van der Waals surface area contributed by atoms with Crippen molar-refractivity contribution in [2.24, 2.45) is 0 Å². The van der Waals surface area contributed by atoms with Crippen molar-refractivity contribution in [2.45, 2.75) is 0 Å². The normalized spacial score (nSPS) is 10.5. The molecule has 0 bridgehead atoms. The minimum Gasteiger partial charge on any atom is -0.508 e. The quantitative estimate of drug-likeness (QED) is 0.535. The highest BCUT2D eigenvalue weighted by Gasteiger charge is 2.03. The second-order valence-corrected chi connectivity index (χ2v) is 2.91. The molecular formula is C10H9NO2. The van der Waals surface area contributed by atoms with Gasteiger partial charge in [-0.05, 0) is 12.1 Å². The molecule has 0 radical (unpaired) electrons. The van der Waals surface area contributed by atoms with E-state index in [2.05, 4.69) is 0 Å². The summed E-state index contributed by atoms with van der Waals surface area (Å²) in [5, 5.41) is 20.0. The summed E-state index contributed by atoms with van der Waals surface area (Å²) in [4.78, 5) is 0. The number of nitrogen functional groups attached to an aromatic ring is 1. The third kappa shape index (κ3) is 1.14. The fraction of sp³-hybridized carbons (Fsp3) is 0. The molecule has 0 fully saturated rings. The molecule has 0 amide bonds. The molecule has 2 rings (SSSR count). The molecule has 2 aromatic rings. The summed E-state index contributed by atoms with van der Waals surface area (Å²) < 4.78 is 0. The van der Waals surface area contributed by atoms with E-state index in [9.17, 15) is 10.2 Å². The molecule has 0 saturated heterocycles. The van der Waals surface area contributed by atoms with Gasteiger partial charge in [0.1, 0.15) is 11.5 Å². The molecular weight excluding hydrogens is 166 g/mol. The minimum atomic E-state index is 0.0166. The molecule has 3 nitrogen and oxygen atoms in total. The van der Waals surface area contributed by atoms with Gasteiger partial charge in [0, 0.05) is 22.5 Å². The van der Waals surface area contributed by atoms with Crippen LogP contribution in [0.15, 0.2) is 30.3 Å². The molecule has 0 aliphatic heterocycles. The first-order valence-electron chi connectivity index (χ1n) is 3.88. The minimum absolute atomic E-state index is 0.0166. The number of hydrogen-bond donors (Lipinski definition) is 3. The monoisotopic (exact) mass is 175 g/mol. The summed E-state index contributed by atoms with van der Waals surface area (Å²) >= 11 is 0. The predicted molar refractivity (Wildman–Crippen MR) is 51.7 cm³/mol. The Morgan fingerprint density at radius 1 is 1.00 bits per heavy atom. The van der Waals surface area contributed by atoms with Crippen LogP contribution in [-0.4, -0.2) is 10.2 Å². The van der Waals surface area contributed by atoms with Crippen LogP contribution in [0, 0.1) is 0 Å². The summed E-state index contributed by atoms with van der Waals surface area (Å²) in [6.07, 6.45) is 0. The predicted octanol–water partition coefficient (Wildman–Crippen LogP) is 1.83. The maximum Gasteiger partial charge on any atom is 0.127 e. The van der Waals surface area contributed by atoms with E-state index >= 15 is 0 Å². The highest BCUT2D eigenvalue weighted by molar-refractivity contribution is 5.97. The van der Waals surface area contributed by atoms with E-state index in [-0.39, 0.29) is 11.5 Å². The van der Waals surface area contributed by atoms with Crippen LogP contribution in [0.4, 0.5) is 5.69 Å². The zero-order chi connectivity index (χ0) is 9.42. The number of benzene rings is 2. The van der Waals surface area contributed by atoms with Crippen molar-refractivity contribution < 1.29 is 10.2 Å². The van der Waals surface area contributed by atoms with E-state index in [1.807, 2.05) is 0 Å². The van der Waals surface area contributed by atoms with Gasteiger partial charge in [-0.3, -0.25) is 0 Å². The lowest BCUT2D eigenvalue weighted by molar-refractivity contribution is 0.455. The highest BCUT2D eigenvalue weighted by atomic mass is 16.3. The lowest BCUT2D eigenvalue weighted by Gasteiger charge is -2.04. The number of anilines is 1. The Labute approximate surface area is 75.0 Å². The summed E-state index contributed by atoms with van der Waals surface area (Å²) in [5.74, 6) is 0.0604. The number of nitrogens with two attached hydrogens (primary N) is 1. The number of hydrogen-bond acceptors (Lipinski definition) is 3. The molecule has 66 valence electrons. The highest BCUT2D eigenvalue weighted by Crippen LogP contribution is 2.32. The molecule has 2 aromatic carbocycles. The molecule has 0 heterocycles. The van der Waals surface area contributed by atoms with Gasteiger partial charge < -0.3 is 15.9 Å². The van der Waals surface area contributed by atoms with Gasteiger partial charge in [-0.25, -0.2) is 0 Å². The Morgan fingerprint density at radius 3 is 2.54 bits per heavy atom.